The van der Waals surface area contributed by atoms with Crippen molar-refractivity contribution in [1.29, 1.82) is 0 Å². The van der Waals surface area contributed by atoms with Gasteiger partial charge in [-0.2, -0.15) is 0 Å². The van der Waals surface area contributed by atoms with E-state index in [1.807, 2.05) is 29.3 Å². The molecule has 1 fully saturated rings. The van der Waals surface area contributed by atoms with Crippen molar-refractivity contribution in [2.45, 2.75) is 26.3 Å². The molecule has 0 aromatic carbocycles. The maximum atomic E-state index is 12.3. The van der Waals surface area contributed by atoms with Crippen molar-refractivity contribution in [3.05, 3.63) is 39.9 Å². The SMILES string of the molecule is Cc1cc(CN2CCN(C(=O)CCC(=O)c3cccs3)CC2)on1. The van der Waals surface area contributed by atoms with Crippen LogP contribution in [0.2, 0.25) is 0 Å². The molecule has 24 heavy (non-hydrogen) atoms. The van der Waals surface area contributed by atoms with Crippen LogP contribution in [0, 0.1) is 6.92 Å². The van der Waals surface area contributed by atoms with E-state index in [9.17, 15) is 9.59 Å². The summed E-state index contributed by atoms with van der Waals surface area (Å²) < 4.78 is 5.23. The predicted octanol–water partition coefficient (Wildman–Crippen LogP) is 2.35. The summed E-state index contributed by atoms with van der Waals surface area (Å²) in [5.74, 6) is 0.974. The lowest BCUT2D eigenvalue weighted by molar-refractivity contribution is -0.133. The zero-order chi connectivity index (χ0) is 16.9. The first-order valence-corrected chi connectivity index (χ1v) is 8.99. The largest absolute Gasteiger partial charge is 0.360 e. The molecule has 2 aromatic rings. The lowest BCUT2D eigenvalue weighted by atomic mass is 10.1. The number of hydrogen-bond donors (Lipinski definition) is 0. The van der Waals surface area contributed by atoms with Crippen molar-refractivity contribution in [3.63, 3.8) is 0 Å². The van der Waals surface area contributed by atoms with Crippen molar-refractivity contribution in [3.8, 4) is 0 Å². The molecule has 0 N–H and O–H groups in total. The number of aryl methyl sites for hydroxylation is 1. The van der Waals surface area contributed by atoms with E-state index < -0.39 is 0 Å². The second-order valence-corrected chi connectivity index (χ2v) is 6.94. The Bertz CT molecular complexity index is 688. The summed E-state index contributed by atoms with van der Waals surface area (Å²) in [4.78, 5) is 29.1. The minimum absolute atomic E-state index is 0.0534. The smallest absolute Gasteiger partial charge is 0.223 e. The molecule has 1 aliphatic heterocycles. The van der Waals surface area contributed by atoms with Crippen molar-refractivity contribution in [2.24, 2.45) is 0 Å². The summed E-state index contributed by atoms with van der Waals surface area (Å²) in [6, 6.07) is 5.60. The second-order valence-electron chi connectivity index (χ2n) is 5.99. The molecular formula is C17H21N3O3S. The molecular weight excluding hydrogens is 326 g/mol. The van der Waals surface area contributed by atoms with Gasteiger partial charge >= 0.3 is 0 Å². The number of rotatable bonds is 6. The topological polar surface area (TPSA) is 66.7 Å². The normalized spacial score (nSPS) is 15.6. The van der Waals surface area contributed by atoms with Crippen molar-refractivity contribution in [1.82, 2.24) is 15.0 Å². The summed E-state index contributed by atoms with van der Waals surface area (Å²) in [5.41, 5.74) is 0.884. The number of aromatic nitrogens is 1. The maximum absolute atomic E-state index is 12.3. The van der Waals surface area contributed by atoms with Gasteiger partial charge in [-0.1, -0.05) is 11.2 Å². The predicted molar refractivity (Wildman–Crippen MR) is 91.0 cm³/mol. The zero-order valence-corrected chi connectivity index (χ0v) is 14.6. The highest BCUT2D eigenvalue weighted by Crippen LogP contribution is 2.14. The Morgan fingerprint density at radius 2 is 2.04 bits per heavy atom. The van der Waals surface area contributed by atoms with E-state index in [0.29, 0.717) is 13.1 Å². The van der Waals surface area contributed by atoms with Crippen LogP contribution in [0.15, 0.2) is 28.1 Å². The van der Waals surface area contributed by atoms with Gasteiger partial charge < -0.3 is 9.42 Å². The lowest BCUT2D eigenvalue weighted by Gasteiger charge is -2.34. The number of nitrogens with zero attached hydrogens (tertiary/aromatic N) is 3. The number of piperazine rings is 1. The van der Waals surface area contributed by atoms with E-state index in [4.69, 9.17) is 4.52 Å². The summed E-state index contributed by atoms with van der Waals surface area (Å²) >= 11 is 1.43. The molecule has 0 aliphatic carbocycles. The number of ketones is 1. The Morgan fingerprint density at radius 3 is 2.67 bits per heavy atom. The Morgan fingerprint density at radius 1 is 1.25 bits per heavy atom. The fraction of sp³-hybridized carbons (Fsp3) is 0.471. The van der Waals surface area contributed by atoms with Gasteiger partial charge in [-0.25, -0.2) is 0 Å². The van der Waals surface area contributed by atoms with Gasteiger partial charge in [-0.3, -0.25) is 14.5 Å². The van der Waals surface area contributed by atoms with Crippen LogP contribution >= 0.6 is 11.3 Å². The van der Waals surface area contributed by atoms with E-state index in [1.54, 1.807) is 6.07 Å². The number of carbonyl (C=O) groups is 2. The van der Waals surface area contributed by atoms with Gasteiger partial charge in [-0.15, -0.1) is 11.3 Å². The molecule has 128 valence electrons. The molecule has 2 aromatic heterocycles. The van der Waals surface area contributed by atoms with Crippen molar-refractivity contribution in [2.75, 3.05) is 26.2 Å². The van der Waals surface area contributed by atoms with Crippen LogP contribution in [-0.4, -0.2) is 52.8 Å². The highest BCUT2D eigenvalue weighted by molar-refractivity contribution is 7.12. The van der Waals surface area contributed by atoms with E-state index in [-0.39, 0.29) is 24.5 Å². The highest BCUT2D eigenvalue weighted by atomic mass is 32.1. The van der Waals surface area contributed by atoms with Gasteiger partial charge in [0.05, 0.1) is 17.1 Å². The van der Waals surface area contributed by atoms with Crippen molar-refractivity contribution >= 4 is 23.0 Å². The summed E-state index contributed by atoms with van der Waals surface area (Å²) in [6.45, 7) is 5.63. The van der Waals surface area contributed by atoms with E-state index in [1.165, 1.54) is 11.3 Å². The minimum Gasteiger partial charge on any atom is -0.360 e. The molecule has 3 heterocycles. The van der Waals surface area contributed by atoms with Crippen LogP contribution < -0.4 is 0 Å². The van der Waals surface area contributed by atoms with E-state index in [0.717, 1.165) is 36.0 Å². The second kappa shape index (κ2) is 7.72. The fourth-order valence-corrected chi connectivity index (χ4v) is 3.50. The average molecular weight is 347 g/mol. The Hall–Kier alpha value is -1.99. The Labute approximate surface area is 145 Å². The molecule has 6 nitrogen and oxygen atoms in total. The average Bonchev–Trinajstić information content (AvgIpc) is 3.25. The number of Topliss-reactive ketones (excluding diaryl/α,β-unsaturated/α-hetero) is 1. The number of hydrogen-bond acceptors (Lipinski definition) is 6. The summed E-state index contributed by atoms with van der Waals surface area (Å²) in [5, 5.41) is 5.77. The molecule has 7 heteroatoms. The van der Waals surface area contributed by atoms with Gasteiger partial charge in [0.1, 0.15) is 0 Å². The molecule has 1 aliphatic rings. The Kier molecular flexibility index (Phi) is 5.42. The van der Waals surface area contributed by atoms with Gasteiger partial charge in [-0.05, 0) is 18.4 Å². The third kappa shape index (κ3) is 4.30. The van der Waals surface area contributed by atoms with E-state index in [2.05, 4.69) is 10.1 Å². The van der Waals surface area contributed by atoms with Gasteiger partial charge in [0.2, 0.25) is 5.91 Å². The number of thiophene rings is 1. The van der Waals surface area contributed by atoms with Crippen LogP contribution in [0.5, 0.6) is 0 Å². The van der Waals surface area contributed by atoms with Crippen LogP contribution in [-0.2, 0) is 11.3 Å². The molecule has 0 saturated carbocycles. The molecule has 1 saturated heterocycles. The molecule has 0 atom stereocenters. The quantitative estimate of drug-likeness (QED) is 0.751. The van der Waals surface area contributed by atoms with Gasteiger partial charge in [0.25, 0.3) is 0 Å². The first-order valence-electron chi connectivity index (χ1n) is 8.11. The molecule has 0 spiro atoms. The third-order valence-electron chi connectivity index (χ3n) is 4.14. The molecule has 0 radical (unpaired) electrons. The van der Waals surface area contributed by atoms with E-state index >= 15 is 0 Å². The van der Waals surface area contributed by atoms with Gasteiger partial charge in [0, 0.05) is 45.1 Å². The maximum Gasteiger partial charge on any atom is 0.223 e. The summed E-state index contributed by atoms with van der Waals surface area (Å²) in [6.07, 6.45) is 0.578. The number of amides is 1. The number of carbonyl (C=O) groups excluding carboxylic acids is 2. The molecule has 1 amide bonds. The van der Waals surface area contributed by atoms with Crippen LogP contribution in [0.25, 0.3) is 0 Å². The molecule has 0 unspecified atom stereocenters. The van der Waals surface area contributed by atoms with Crippen LogP contribution in [0.3, 0.4) is 0 Å². The van der Waals surface area contributed by atoms with Crippen LogP contribution in [0.4, 0.5) is 0 Å². The fourth-order valence-electron chi connectivity index (χ4n) is 2.81. The monoisotopic (exact) mass is 347 g/mol. The third-order valence-corrected chi connectivity index (χ3v) is 5.05. The zero-order valence-electron chi connectivity index (χ0n) is 13.7. The van der Waals surface area contributed by atoms with Crippen molar-refractivity contribution < 1.29 is 14.1 Å². The first kappa shape index (κ1) is 16.9. The van der Waals surface area contributed by atoms with Gasteiger partial charge in [0.15, 0.2) is 11.5 Å². The minimum atomic E-state index is 0.0534. The molecule has 0 bridgehead atoms. The Balaban J connectivity index is 1.41. The summed E-state index contributed by atoms with van der Waals surface area (Å²) in [7, 11) is 0. The highest BCUT2D eigenvalue weighted by Gasteiger charge is 2.22. The molecule has 3 rings (SSSR count). The lowest BCUT2D eigenvalue weighted by Crippen LogP contribution is -2.48. The first-order chi connectivity index (χ1) is 11.6. The standard InChI is InChI=1S/C17H21N3O3S/c1-13-11-14(23-18-13)12-19-6-8-20(9-7-19)17(22)5-4-15(21)16-3-2-10-24-16/h2-3,10-11H,4-9,12H2,1H3. The van der Waals surface area contributed by atoms with Crippen LogP contribution in [0.1, 0.15) is 34.0 Å².